The molecule has 1 aromatic carbocycles. The van der Waals surface area contributed by atoms with E-state index in [0.29, 0.717) is 19.5 Å². The molecule has 1 saturated carbocycles. The zero-order valence-electron chi connectivity index (χ0n) is 16.4. The Bertz CT molecular complexity index is 960. The van der Waals surface area contributed by atoms with Crippen molar-refractivity contribution in [2.45, 2.75) is 51.2 Å². The number of carbonyl (C=O) groups excluding carboxylic acids is 2. The normalized spacial score (nSPS) is 14.3. The molecule has 1 aliphatic rings. The summed E-state index contributed by atoms with van der Waals surface area (Å²) in [6.07, 6.45) is 6.54. The number of aromatic nitrogens is 2. The fourth-order valence-electron chi connectivity index (χ4n) is 3.90. The molecule has 0 spiro atoms. The number of nitrogens with zero attached hydrogens (tertiary/aromatic N) is 3. The lowest BCUT2D eigenvalue weighted by Crippen LogP contribution is -2.43. The fraction of sp³-hybridized carbons (Fsp3) is 0.409. The lowest BCUT2D eigenvalue weighted by Gasteiger charge is -2.23. The largest absolute Gasteiger partial charge is 0.352 e. The molecule has 152 valence electrons. The molecule has 3 aromatic rings. The zero-order valence-corrected chi connectivity index (χ0v) is 17.2. The van der Waals surface area contributed by atoms with Gasteiger partial charge in [0.1, 0.15) is 0 Å². The van der Waals surface area contributed by atoms with E-state index < -0.39 is 0 Å². The van der Waals surface area contributed by atoms with Crippen LogP contribution < -0.4 is 5.32 Å². The van der Waals surface area contributed by atoms with Crippen LogP contribution in [-0.2, 0) is 22.7 Å². The van der Waals surface area contributed by atoms with E-state index in [2.05, 4.69) is 10.4 Å². The summed E-state index contributed by atoms with van der Waals surface area (Å²) >= 11 is 1.60. The van der Waals surface area contributed by atoms with Gasteiger partial charge in [-0.25, -0.2) is 0 Å². The summed E-state index contributed by atoms with van der Waals surface area (Å²) in [6, 6.07) is 12.2. The Labute approximate surface area is 174 Å². The van der Waals surface area contributed by atoms with E-state index in [-0.39, 0.29) is 24.4 Å². The number of thiophene rings is 1. The van der Waals surface area contributed by atoms with Crippen molar-refractivity contribution in [3.63, 3.8) is 0 Å². The molecule has 2 amide bonds. The molecule has 6 nitrogen and oxygen atoms in total. The summed E-state index contributed by atoms with van der Waals surface area (Å²) in [6.45, 7) is 1.07. The molecular formula is C22H26N4O2S. The van der Waals surface area contributed by atoms with Crippen molar-refractivity contribution >= 4 is 34.1 Å². The molecule has 0 radical (unpaired) electrons. The molecule has 1 fully saturated rings. The Hall–Kier alpha value is -2.67. The molecule has 1 aliphatic carbocycles. The highest BCUT2D eigenvalue weighted by molar-refractivity contribution is 7.09. The number of hydrogen-bond acceptors (Lipinski definition) is 4. The van der Waals surface area contributed by atoms with Gasteiger partial charge in [0.25, 0.3) is 0 Å². The molecule has 0 aliphatic heterocycles. The van der Waals surface area contributed by atoms with E-state index in [0.717, 1.165) is 28.6 Å². The van der Waals surface area contributed by atoms with E-state index >= 15 is 0 Å². The smallest absolute Gasteiger partial charge is 0.239 e. The number of hydrogen-bond donors (Lipinski definition) is 1. The number of amides is 2. The van der Waals surface area contributed by atoms with Crippen LogP contribution in [-0.4, -0.2) is 39.1 Å². The highest BCUT2D eigenvalue weighted by Gasteiger charge is 2.22. The molecule has 1 N–H and O–H groups in total. The predicted octanol–water partition coefficient (Wildman–Crippen LogP) is 3.58. The minimum atomic E-state index is -0.0636. The molecule has 0 saturated heterocycles. The Morgan fingerprint density at radius 3 is 2.79 bits per heavy atom. The number of fused-ring (bicyclic) bond motifs is 1. The van der Waals surface area contributed by atoms with Crippen molar-refractivity contribution in [3.8, 4) is 0 Å². The van der Waals surface area contributed by atoms with Crippen LogP contribution in [0.3, 0.4) is 0 Å². The van der Waals surface area contributed by atoms with Crippen LogP contribution in [0.2, 0.25) is 0 Å². The van der Waals surface area contributed by atoms with E-state index in [1.807, 2.05) is 52.7 Å². The molecule has 0 unspecified atom stereocenters. The molecule has 4 rings (SSSR count). The molecule has 2 heterocycles. The fourth-order valence-corrected chi connectivity index (χ4v) is 4.62. The third-order valence-corrected chi connectivity index (χ3v) is 6.28. The van der Waals surface area contributed by atoms with E-state index in [1.54, 1.807) is 16.2 Å². The maximum absolute atomic E-state index is 13.0. The number of rotatable bonds is 8. The van der Waals surface area contributed by atoms with Gasteiger partial charge in [-0.05, 0) is 30.4 Å². The third-order valence-electron chi connectivity index (χ3n) is 5.42. The van der Waals surface area contributed by atoms with Crippen molar-refractivity contribution in [2.75, 3.05) is 6.54 Å². The Morgan fingerprint density at radius 1 is 1.17 bits per heavy atom. The summed E-state index contributed by atoms with van der Waals surface area (Å²) in [7, 11) is 0. The topological polar surface area (TPSA) is 67.2 Å². The van der Waals surface area contributed by atoms with Gasteiger partial charge >= 0.3 is 0 Å². The van der Waals surface area contributed by atoms with Crippen molar-refractivity contribution < 1.29 is 9.59 Å². The first-order chi connectivity index (χ1) is 14.2. The van der Waals surface area contributed by atoms with E-state index in [4.69, 9.17) is 0 Å². The number of nitrogens with one attached hydrogen (secondary N) is 1. The van der Waals surface area contributed by atoms with Crippen LogP contribution in [0.15, 0.2) is 48.0 Å². The minimum absolute atomic E-state index is 0.0282. The summed E-state index contributed by atoms with van der Waals surface area (Å²) in [5, 5.41) is 10.5. The van der Waals surface area contributed by atoms with Crippen LogP contribution in [0.25, 0.3) is 10.9 Å². The standard InChI is InChI=1S/C22H26N4O2S/c27-21(24-18-7-2-3-8-18)16-25(15-19-9-5-13-29-19)22(28)11-12-26-20-10-4-1-6-17(20)14-23-26/h1,4-6,9-10,13-14,18H,2-3,7-8,11-12,15-16H2,(H,24,27). The average Bonchev–Trinajstić information content (AvgIpc) is 3.48. The van der Waals surface area contributed by atoms with Crippen LogP contribution >= 0.6 is 11.3 Å². The van der Waals surface area contributed by atoms with Crippen LogP contribution in [0.4, 0.5) is 0 Å². The van der Waals surface area contributed by atoms with Crippen molar-refractivity contribution in [1.82, 2.24) is 20.0 Å². The first kappa shape index (κ1) is 19.6. The minimum Gasteiger partial charge on any atom is -0.352 e. The third kappa shape index (κ3) is 5.03. The molecule has 0 atom stereocenters. The summed E-state index contributed by atoms with van der Waals surface area (Å²) in [5.74, 6) is -0.0918. The van der Waals surface area contributed by atoms with Crippen molar-refractivity contribution in [2.24, 2.45) is 0 Å². The van der Waals surface area contributed by atoms with Gasteiger partial charge in [0.2, 0.25) is 11.8 Å². The van der Waals surface area contributed by atoms with E-state index in [1.165, 1.54) is 12.8 Å². The van der Waals surface area contributed by atoms with Crippen LogP contribution in [0.1, 0.15) is 37.0 Å². The van der Waals surface area contributed by atoms with Crippen molar-refractivity contribution in [3.05, 3.63) is 52.9 Å². The molecule has 7 heteroatoms. The first-order valence-corrected chi connectivity index (χ1v) is 11.1. The van der Waals surface area contributed by atoms with Gasteiger partial charge in [-0.3, -0.25) is 14.3 Å². The molecule has 2 aromatic heterocycles. The Balaban J connectivity index is 1.40. The number of benzene rings is 1. The predicted molar refractivity (Wildman–Crippen MR) is 114 cm³/mol. The first-order valence-electron chi connectivity index (χ1n) is 10.2. The highest BCUT2D eigenvalue weighted by atomic mass is 32.1. The summed E-state index contributed by atoms with van der Waals surface area (Å²) < 4.78 is 1.86. The van der Waals surface area contributed by atoms with Gasteiger partial charge in [-0.1, -0.05) is 37.1 Å². The summed E-state index contributed by atoms with van der Waals surface area (Å²) in [4.78, 5) is 28.3. The maximum Gasteiger partial charge on any atom is 0.239 e. The SMILES string of the molecule is O=C(CN(Cc1cccs1)C(=O)CCn1ncc2ccccc21)NC1CCCC1. The Kier molecular flexibility index (Phi) is 6.24. The lowest BCUT2D eigenvalue weighted by molar-refractivity contribution is -0.137. The number of para-hydroxylation sites is 1. The quantitative estimate of drug-likeness (QED) is 0.617. The van der Waals surface area contributed by atoms with Gasteiger partial charge in [-0.15, -0.1) is 11.3 Å². The molecule has 0 bridgehead atoms. The second-order valence-corrected chi connectivity index (χ2v) is 8.59. The van der Waals surface area contributed by atoms with Gasteiger partial charge in [0.15, 0.2) is 0 Å². The monoisotopic (exact) mass is 410 g/mol. The van der Waals surface area contributed by atoms with Crippen LogP contribution in [0.5, 0.6) is 0 Å². The Morgan fingerprint density at radius 2 is 2.00 bits per heavy atom. The van der Waals surface area contributed by atoms with Crippen LogP contribution in [0, 0.1) is 0 Å². The second kappa shape index (κ2) is 9.22. The van der Waals surface area contributed by atoms with E-state index in [9.17, 15) is 9.59 Å². The average molecular weight is 411 g/mol. The van der Waals surface area contributed by atoms with Gasteiger partial charge in [0.05, 0.1) is 31.3 Å². The maximum atomic E-state index is 13.0. The zero-order chi connectivity index (χ0) is 20.1. The van der Waals surface area contributed by atoms with Crippen molar-refractivity contribution in [1.29, 1.82) is 0 Å². The lowest BCUT2D eigenvalue weighted by atomic mass is 10.2. The molecular weight excluding hydrogens is 384 g/mol. The summed E-state index contributed by atoms with van der Waals surface area (Å²) in [5.41, 5.74) is 1.02. The number of carbonyl (C=O) groups is 2. The second-order valence-electron chi connectivity index (χ2n) is 7.55. The highest BCUT2D eigenvalue weighted by Crippen LogP contribution is 2.18. The molecule has 29 heavy (non-hydrogen) atoms. The van der Waals surface area contributed by atoms with Gasteiger partial charge in [0, 0.05) is 22.7 Å². The van der Waals surface area contributed by atoms with Gasteiger partial charge in [-0.2, -0.15) is 5.10 Å². The van der Waals surface area contributed by atoms with Gasteiger partial charge < -0.3 is 10.2 Å². The number of aryl methyl sites for hydroxylation is 1.